The number of fused-ring (bicyclic) bond motifs is 1. The summed E-state index contributed by atoms with van der Waals surface area (Å²) in [6.07, 6.45) is 4.04. The average molecular weight is 244 g/mol. The lowest BCUT2D eigenvalue weighted by molar-refractivity contribution is 0.415. The minimum atomic E-state index is 0.467. The molecule has 0 atom stereocenters. The number of hydrogen-bond acceptors (Lipinski definition) is 3. The third-order valence-corrected chi connectivity index (χ3v) is 3.30. The van der Waals surface area contributed by atoms with E-state index >= 15 is 0 Å². The van der Waals surface area contributed by atoms with Crippen LogP contribution in [-0.4, -0.2) is 18.1 Å². The highest BCUT2D eigenvalue weighted by molar-refractivity contribution is 5.92. The van der Waals surface area contributed by atoms with Crippen molar-refractivity contribution in [1.82, 2.24) is 4.98 Å². The van der Waals surface area contributed by atoms with Crippen molar-refractivity contribution in [3.8, 4) is 5.75 Å². The van der Waals surface area contributed by atoms with Gasteiger partial charge in [-0.25, -0.2) is 4.98 Å². The number of benzene rings is 1. The van der Waals surface area contributed by atoms with Gasteiger partial charge in [0, 0.05) is 17.6 Å². The molecule has 0 spiro atoms. The number of hydrogen-bond donors (Lipinski definition) is 1. The molecule has 1 aromatic carbocycles. The highest BCUT2D eigenvalue weighted by atomic mass is 16.5. The molecule has 1 aromatic heterocycles. The second kappa shape index (κ2) is 5.71. The van der Waals surface area contributed by atoms with Crippen LogP contribution in [0.5, 0.6) is 5.75 Å². The van der Waals surface area contributed by atoms with E-state index in [4.69, 9.17) is 4.74 Å². The Morgan fingerprint density at radius 3 is 2.67 bits per heavy atom. The van der Waals surface area contributed by atoms with Crippen LogP contribution in [0.1, 0.15) is 26.7 Å². The zero-order valence-electron chi connectivity index (χ0n) is 11.2. The second-order valence-electron chi connectivity index (χ2n) is 4.40. The molecule has 0 bridgehead atoms. The number of aromatic nitrogens is 1. The van der Waals surface area contributed by atoms with Crippen molar-refractivity contribution in [2.24, 2.45) is 0 Å². The van der Waals surface area contributed by atoms with Crippen LogP contribution in [0, 0.1) is 0 Å². The lowest BCUT2D eigenvalue weighted by Crippen LogP contribution is -2.17. The maximum Gasteiger partial charge on any atom is 0.134 e. The fourth-order valence-corrected chi connectivity index (χ4v) is 2.08. The predicted molar refractivity (Wildman–Crippen MR) is 76.3 cm³/mol. The van der Waals surface area contributed by atoms with Gasteiger partial charge >= 0.3 is 0 Å². The Morgan fingerprint density at radius 1 is 1.22 bits per heavy atom. The Morgan fingerprint density at radius 2 is 2.00 bits per heavy atom. The second-order valence-corrected chi connectivity index (χ2v) is 4.40. The first-order valence-electron chi connectivity index (χ1n) is 6.47. The van der Waals surface area contributed by atoms with Gasteiger partial charge in [-0.15, -0.1) is 0 Å². The molecule has 3 nitrogen and oxygen atoms in total. The molecular formula is C15H20N2O. The summed E-state index contributed by atoms with van der Waals surface area (Å²) in [5, 5.41) is 5.80. The van der Waals surface area contributed by atoms with E-state index in [1.54, 1.807) is 7.11 Å². The summed E-state index contributed by atoms with van der Waals surface area (Å²) < 4.78 is 5.28. The number of ether oxygens (including phenoxy) is 1. The summed E-state index contributed by atoms with van der Waals surface area (Å²) in [5.41, 5.74) is 0. The maximum absolute atomic E-state index is 5.28. The fourth-order valence-electron chi connectivity index (χ4n) is 2.08. The first kappa shape index (κ1) is 12.7. The molecule has 0 amide bonds. The van der Waals surface area contributed by atoms with Gasteiger partial charge in [0.25, 0.3) is 0 Å². The smallest absolute Gasteiger partial charge is 0.134 e. The fraction of sp³-hybridized carbons (Fsp3) is 0.400. The highest BCUT2D eigenvalue weighted by Gasteiger charge is 2.08. The summed E-state index contributed by atoms with van der Waals surface area (Å²) in [7, 11) is 1.69. The molecule has 1 heterocycles. The summed E-state index contributed by atoms with van der Waals surface area (Å²) in [5.74, 6) is 1.81. The minimum Gasteiger partial charge on any atom is -0.497 e. The van der Waals surface area contributed by atoms with Gasteiger partial charge in [-0.1, -0.05) is 19.9 Å². The molecule has 3 heteroatoms. The van der Waals surface area contributed by atoms with Gasteiger partial charge in [-0.3, -0.25) is 0 Å². The van der Waals surface area contributed by atoms with E-state index in [2.05, 4.69) is 30.2 Å². The third-order valence-electron chi connectivity index (χ3n) is 3.30. The normalized spacial score (nSPS) is 10.9. The van der Waals surface area contributed by atoms with Gasteiger partial charge in [0.05, 0.1) is 7.11 Å². The zero-order valence-corrected chi connectivity index (χ0v) is 11.2. The van der Waals surface area contributed by atoms with Crippen LogP contribution in [0.25, 0.3) is 10.8 Å². The first-order chi connectivity index (χ1) is 8.78. The molecule has 0 unspecified atom stereocenters. The molecule has 0 fully saturated rings. The van der Waals surface area contributed by atoms with Crippen molar-refractivity contribution < 1.29 is 4.74 Å². The van der Waals surface area contributed by atoms with Crippen LogP contribution >= 0.6 is 0 Å². The average Bonchev–Trinajstić information content (AvgIpc) is 2.44. The van der Waals surface area contributed by atoms with Crippen molar-refractivity contribution in [2.45, 2.75) is 32.7 Å². The topological polar surface area (TPSA) is 34.2 Å². The van der Waals surface area contributed by atoms with Crippen molar-refractivity contribution >= 4 is 16.6 Å². The van der Waals surface area contributed by atoms with E-state index < -0.39 is 0 Å². The van der Waals surface area contributed by atoms with Gasteiger partial charge < -0.3 is 10.1 Å². The predicted octanol–water partition coefficient (Wildman–Crippen LogP) is 3.84. The standard InChI is InChI=1S/C15H20N2O/c1-4-12(5-2)17-15-14-10-13(18-3)7-6-11(14)8-9-16-15/h6-10,12H,4-5H2,1-3H3,(H,16,17). The van der Waals surface area contributed by atoms with Crippen LogP contribution in [0.2, 0.25) is 0 Å². The van der Waals surface area contributed by atoms with Crippen molar-refractivity contribution in [3.05, 3.63) is 30.5 Å². The molecule has 1 N–H and O–H groups in total. The summed E-state index contributed by atoms with van der Waals surface area (Å²) >= 11 is 0. The van der Waals surface area contributed by atoms with E-state index in [1.165, 1.54) is 5.39 Å². The summed E-state index contributed by atoms with van der Waals surface area (Å²) in [6.45, 7) is 4.37. The molecule has 2 aromatic rings. The maximum atomic E-state index is 5.28. The van der Waals surface area contributed by atoms with E-state index in [1.807, 2.05) is 24.4 Å². The Labute approximate surface area is 108 Å². The summed E-state index contributed by atoms with van der Waals surface area (Å²) in [4.78, 5) is 4.45. The van der Waals surface area contributed by atoms with Crippen LogP contribution in [0.4, 0.5) is 5.82 Å². The van der Waals surface area contributed by atoms with Crippen molar-refractivity contribution in [3.63, 3.8) is 0 Å². The van der Waals surface area contributed by atoms with Gasteiger partial charge in [-0.05, 0) is 36.4 Å². The number of pyridine rings is 1. The molecule has 96 valence electrons. The number of methoxy groups -OCH3 is 1. The van der Waals surface area contributed by atoms with Crippen LogP contribution in [-0.2, 0) is 0 Å². The monoisotopic (exact) mass is 244 g/mol. The van der Waals surface area contributed by atoms with Gasteiger partial charge in [-0.2, -0.15) is 0 Å². The van der Waals surface area contributed by atoms with Gasteiger partial charge in [0.2, 0.25) is 0 Å². The molecule has 0 saturated carbocycles. The highest BCUT2D eigenvalue weighted by Crippen LogP contribution is 2.26. The molecule has 2 rings (SSSR count). The molecule has 0 saturated heterocycles. The van der Waals surface area contributed by atoms with Crippen molar-refractivity contribution in [1.29, 1.82) is 0 Å². The number of nitrogens with zero attached hydrogens (tertiary/aromatic N) is 1. The Balaban J connectivity index is 2.42. The molecule has 0 aliphatic rings. The minimum absolute atomic E-state index is 0.467. The summed E-state index contributed by atoms with van der Waals surface area (Å²) in [6, 6.07) is 8.56. The lowest BCUT2D eigenvalue weighted by Gasteiger charge is -2.17. The number of rotatable bonds is 5. The molecule has 0 aliphatic carbocycles. The van der Waals surface area contributed by atoms with Gasteiger partial charge in [0.15, 0.2) is 0 Å². The van der Waals surface area contributed by atoms with E-state index in [0.29, 0.717) is 6.04 Å². The third kappa shape index (κ3) is 2.55. The van der Waals surface area contributed by atoms with E-state index in [9.17, 15) is 0 Å². The quantitative estimate of drug-likeness (QED) is 0.867. The van der Waals surface area contributed by atoms with Crippen LogP contribution in [0.3, 0.4) is 0 Å². The van der Waals surface area contributed by atoms with E-state index in [-0.39, 0.29) is 0 Å². The van der Waals surface area contributed by atoms with Crippen molar-refractivity contribution in [2.75, 3.05) is 12.4 Å². The molecule has 0 aliphatic heterocycles. The molecule has 18 heavy (non-hydrogen) atoms. The first-order valence-corrected chi connectivity index (χ1v) is 6.47. The number of anilines is 1. The zero-order chi connectivity index (χ0) is 13.0. The number of nitrogens with one attached hydrogen (secondary N) is 1. The Bertz CT molecular complexity index is 521. The SMILES string of the molecule is CCC(CC)Nc1nccc2ccc(OC)cc12. The molecular weight excluding hydrogens is 224 g/mol. The molecule has 0 radical (unpaired) electrons. The Hall–Kier alpha value is -1.77. The van der Waals surface area contributed by atoms with E-state index in [0.717, 1.165) is 29.8 Å². The van der Waals surface area contributed by atoms with Gasteiger partial charge in [0.1, 0.15) is 11.6 Å². The largest absolute Gasteiger partial charge is 0.497 e. The Kier molecular flexibility index (Phi) is 4.03. The van der Waals surface area contributed by atoms with Crippen LogP contribution < -0.4 is 10.1 Å². The van der Waals surface area contributed by atoms with Crippen LogP contribution in [0.15, 0.2) is 30.5 Å². The lowest BCUT2D eigenvalue weighted by atomic mass is 10.1.